The Morgan fingerprint density at radius 3 is 2.58 bits per heavy atom. The van der Waals surface area contributed by atoms with Crippen LogP contribution in [0, 0.1) is 0 Å². The zero-order valence-electron chi connectivity index (χ0n) is 11.0. The Labute approximate surface area is 111 Å². The minimum atomic E-state index is -0.524. The summed E-state index contributed by atoms with van der Waals surface area (Å²) in [6, 6.07) is 3.19. The molecular weight excluding hydrogens is 248 g/mol. The van der Waals surface area contributed by atoms with E-state index >= 15 is 0 Å². The highest BCUT2D eigenvalue weighted by Crippen LogP contribution is 2.14. The van der Waals surface area contributed by atoms with Crippen LogP contribution in [-0.4, -0.2) is 47.0 Å². The number of aldehydes is 1. The number of nitrogens with zero attached hydrogens (tertiary/aromatic N) is 2. The van der Waals surface area contributed by atoms with Crippen molar-refractivity contribution in [2.24, 2.45) is 0 Å². The molecule has 2 rings (SSSR count). The van der Waals surface area contributed by atoms with Gasteiger partial charge in [-0.2, -0.15) is 0 Å². The summed E-state index contributed by atoms with van der Waals surface area (Å²) >= 11 is 0. The molecule has 2 amide bonds. The highest BCUT2D eigenvalue weighted by Gasteiger charge is 2.33. The van der Waals surface area contributed by atoms with Crippen molar-refractivity contribution >= 4 is 18.1 Å². The van der Waals surface area contributed by atoms with Crippen LogP contribution in [0.15, 0.2) is 16.5 Å². The molecule has 0 atom stereocenters. The third kappa shape index (κ3) is 2.67. The van der Waals surface area contributed by atoms with E-state index < -0.39 is 11.8 Å². The van der Waals surface area contributed by atoms with Crippen molar-refractivity contribution < 1.29 is 18.8 Å². The summed E-state index contributed by atoms with van der Waals surface area (Å²) in [5.41, 5.74) is 0. The lowest BCUT2D eigenvalue weighted by Crippen LogP contribution is -2.55. The maximum atomic E-state index is 11.9. The summed E-state index contributed by atoms with van der Waals surface area (Å²) in [7, 11) is 0. The van der Waals surface area contributed by atoms with Gasteiger partial charge in [0.1, 0.15) is 5.76 Å². The molecule has 0 radical (unpaired) electrons. The van der Waals surface area contributed by atoms with Crippen LogP contribution in [0.1, 0.15) is 30.2 Å². The number of furan rings is 1. The molecule has 19 heavy (non-hydrogen) atoms. The second-order valence-corrected chi connectivity index (χ2v) is 4.74. The number of amides is 2. The van der Waals surface area contributed by atoms with Crippen LogP contribution in [0.3, 0.4) is 0 Å². The van der Waals surface area contributed by atoms with Crippen LogP contribution in [-0.2, 0) is 16.1 Å². The van der Waals surface area contributed by atoms with Crippen LogP contribution in [0.2, 0.25) is 0 Å². The molecule has 2 heterocycles. The minimum Gasteiger partial charge on any atom is -0.456 e. The van der Waals surface area contributed by atoms with E-state index in [-0.39, 0.29) is 18.3 Å². The fourth-order valence-corrected chi connectivity index (χ4v) is 2.06. The first-order valence-corrected chi connectivity index (χ1v) is 6.16. The fraction of sp³-hybridized carbons (Fsp3) is 0.462. The van der Waals surface area contributed by atoms with E-state index in [1.807, 2.05) is 13.8 Å². The number of hydrogen-bond donors (Lipinski definition) is 0. The molecule has 1 aliphatic rings. The summed E-state index contributed by atoms with van der Waals surface area (Å²) < 4.78 is 5.21. The smallest absolute Gasteiger partial charge is 0.312 e. The maximum Gasteiger partial charge on any atom is 0.312 e. The average Bonchev–Trinajstić information content (AvgIpc) is 2.82. The van der Waals surface area contributed by atoms with Crippen molar-refractivity contribution in [2.75, 3.05) is 13.1 Å². The van der Waals surface area contributed by atoms with Gasteiger partial charge < -0.3 is 14.2 Å². The summed E-state index contributed by atoms with van der Waals surface area (Å²) in [6.07, 6.45) is 0.604. The number of piperazine rings is 1. The zero-order chi connectivity index (χ0) is 14.0. The highest BCUT2D eigenvalue weighted by molar-refractivity contribution is 6.35. The Morgan fingerprint density at radius 1 is 1.26 bits per heavy atom. The Morgan fingerprint density at radius 2 is 2.00 bits per heavy atom. The van der Waals surface area contributed by atoms with Gasteiger partial charge in [-0.15, -0.1) is 0 Å². The number of rotatable bonds is 4. The number of hydrogen-bond acceptors (Lipinski definition) is 4. The Hall–Kier alpha value is -2.11. The quantitative estimate of drug-likeness (QED) is 0.592. The summed E-state index contributed by atoms with van der Waals surface area (Å²) in [4.78, 5) is 37.3. The van der Waals surface area contributed by atoms with E-state index in [9.17, 15) is 14.4 Å². The van der Waals surface area contributed by atoms with Crippen molar-refractivity contribution in [3.05, 3.63) is 23.7 Å². The van der Waals surface area contributed by atoms with Gasteiger partial charge in [0.25, 0.3) is 0 Å². The van der Waals surface area contributed by atoms with Gasteiger partial charge in [0, 0.05) is 19.1 Å². The molecule has 1 aromatic heterocycles. The average molecular weight is 264 g/mol. The Balaban J connectivity index is 2.05. The molecular formula is C13H16N2O4. The van der Waals surface area contributed by atoms with Gasteiger partial charge in [-0.1, -0.05) is 0 Å². The van der Waals surface area contributed by atoms with Crippen molar-refractivity contribution in [2.45, 2.75) is 26.4 Å². The molecule has 6 heteroatoms. The molecule has 0 spiro atoms. The lowest BCUT2D eigenvalue weighted by atomic mass is 10.2. The van der Waals surface area contributed by atoms with Crippen molar-refractivity contribution in [1.29, 1.82) is 0 Å². The van der Waals surface area contributed by atoms with E-state index in [2.05, 4.69) is 0 Å². The number of carbonyl (C=O) groups excluding carboxylic acids is 3. The molecule has 0 N–H and O–H groups in total. The molecule has 1 saturated heterocycles. The molecule has 6 nitrogen and oxygen atoms in total. The number of carbonyl (C=O) groups is 3. The lowest BCUT2D eigenvalue weighted by Gasteiger charge is -2.35. The first-order chi connectivity index (χ1) is 9.02. The Kier molecular flexibility index (Phi) is 3.69. The second kappa shape index (κ2) is 5.26. The van der Waals surface area contributed by atoms with E-state index in [1.165, 1.54) is 4.90 Å². The molecule has 1 fully saturated rings. The second-order valence-electron chi connectivity index (χ2n) is 4.74. The summed E-state index contributed by atoms with van der Waals surface area (Å²) in [5, 5.41) is 0. The molecule has 1 aromatic rings. The molecule has 0 unspecified atom stereocenters. The third-order valence-corrected chi connectivity index (χ3v) is 3.11. The van der Waals surface area contributed by atoms with Crippen LogP contribution >= 0.6 is 0 Å². The molecule has 0 saturated carbocycles. The maximum absolute atomic E-state index is 11.9. The predicted octanol–water partition coefficient (Wildman–Crippen LogP) is 0.671. The third-order valence-electron chi connectivity index (χ3n) is 3.11. The SMILES string of the molecule is CC(C)N1CCN(Cc2ccc(C=O)o2)C(=O)C1=O. The van der Waals surface area contributed by atoms with Gasteiger partial charge in [0.15, 0.2) is 12.0 Å². The standard InChI is InChI=1S/C13H16N2O4/c1-9(2)15-6-5-14(12(17)13(15)18)7-10-3-4-11(8-16)19-10/h3-4,8-9H,5-7H2,1-2H3. The van der Waals surface area contributed by atoms with Gasteiger partial charge in [-0.25, -0.2) is 0 Å². The zero-order valence-corrected chi connectivity index (χ0v) is 11.0. The minimum absolute atomic E-state index is 0.0175. The van der Waals surface area contributed by atoms with Gasteiger partial charge in [-0.3, -0.25) is 14.4 Å². The van der Waals surface area contributed by atoms with Crippen molar-refractivity contribution in [1.82, 2.24) is 9.80 Å². The Bertz CT molecular complexity index is 506. The highest BCUT2D eigenvalue weighted by atomic mass is 16.3. The summed E-state index contributed by atoms with van der Waals surface area (Å²) in [6.45, 7) is 4.96. The molecule has 0 aromatic carbocycles. The fourth-order valence-electron chi connectivity index (χ4n) is 2.06. The van der Waals surface area contributed by atoms with Crippen LogP contribution < -0.4 is 0 Å². The van der Waals surface area contributed by atoms with Crippen molar-refractivity contribution in [3.63, 3.8) is 0 Å². The monoisotopic (exact) mass is 264 g/mol. The molecule has 1 aliphatic heterocycles. The van der Waals surface area contributed by atoms with Crippen LogP contribution in [0.4, 0.5) is 0 Å². The van der Waals surface area contributed by atoms with Crippen molar-refractivity contribution in [3.8, 4) is 0 Å². The predicted molar refractivity (Wildman–Crippen MR) is 66.4 cm³/mol. The largest absolute Gasteiger partial charge is 0.456 e. The van der Waals surface area contributed by atoms with Crippen LogP contribution in [0.25, 0.3) is 0 Å². The first kappa shape index (κ1) is 13.3. The summed E-state index contributed by atoms with van der Waals surface area (Å²) in [5.74, 6) is -0.289. The van der Waals surface area contributed by atoms with Gasteiger partial charge >= 0.3 is 11.8 Å². The normalized spacial score (nSPS) is 16.4. The van der Waals surface area contributed by atoms with Gasteiger partial charge in [-0.05, 0) is 26.0 Å². The topological polar surface area (TPSA) is 70.8 Å². The molecule has 0 bridgehead atoms. The van der Waals surface area contributed by atoms with Crippen LogP contribution in [0.5, 0.6) is 0 Å². The van der Waals surface area contributed by atoms with E-state index in [4.69, 9.17) is 4.42 Å². The molecule has 102 valence electrons. The van der Waals surface area contributed by atoms with Gasteiger partial charge in [0.2, 0.25) is 0 Å². The van der Waals surface area contributed by atoms with E-state index in [1.54, 1.807) is 17.0 Å². The lowest BCUT2D eigenvalue weighted by molar-refractivity contribution is -0.157. The van der Waals surface area contributed by atoms with E-state index in [0.717, 1.165) is 0 Å². The van der Waals surface area contributed by atoms with Gasteiger partial charge in [0.05, 0.1) is 6.54 Å². The first-order valence-electron chi connectivity index (χ1n) is 6.16. The van der Waals surface area contributed by atoms with E-state index in [0.29, 0.717) is 25.1 Å². The molecule has 0 aliphatic carbocycles.